The second-order valence-electron chi connectivity index (χ2n) is 47.5. The number of nitrogens with zero attached hydrogens (tertiary/aromatic N) is 2. The largest absolute Gasteiger partial charge is 0.294 e. The molecule has 0 heterocycles. The number of fused-ring (bicyclic) bond motifs is 15. The second-order valence-corrected chi connectivity index (χ2v) is 47.5. The van der Waals surface area contributed by atoms with Crippen molar-refractivity contribution in [2.45, 2.75) is 439 Å². The van der Waals surface area contributed by atoms with E-state index in [1.807, 2.05) is 0 Å². The highest BCUT2D eigenvalue weighted by molar-refractivity contribution is 5.18. The molecule has 19 rings (SSSR count). The van der Waals surface area contributed by atoms with Gasteiger partial charge in [-0.3, -0.25) is 9.80 Å². The lowest BCUT2D eigenvalue weighted by atomic mass is 9.60. The fourth-order valence-corrected chi connectivity index (χ4v) is 39.4. The van der Waals surface area contributed by atoms with Crippen molar-refractivity contribution in [1.82, 2.24) is 9.80 Å². The molecule has 19 aliphatic rings. The predicted octanol–water partition coefficient (Wildman–Crippen LogP) is 27.7. The van der Waals surface area contributed by atoms with E-state index in [4.69, 9.17) is 0 Å². The topological polar surface area (TPSA) is 6.48 Å². The summed E-state index contributed by atoms with van der Waals surface area (Å²) in [6.45, 7) is 28.9. The van der Waals surface area contributed by atoms with Crippen LogP contribution in [0.4, 0.5) is 0 Å². The molecule has 0 spiro atoms. The van der Waals surface area contributed by atoms with Gasteiger partial charge in [0.15, 0.2) is 0 Å². The molecule has 0 aromatic heterocycles. The van der Waals surface area contributed by atoms with Gasteiger partial charge in [-0.1, -0.05) is 198 Å². The first-order valence-electron chi connectivity index (χ1n) is 49.5. The lowest BCUT2D eigenvalue weighted by molar-refractivity contribution is -0.0578. The number of hydrogen-bond acceptors (Lipinski definition) is 2. The molecule has 0 amide bonds. The zero-order valence-corrected chi connectivity index (χ0v) is 69.8. The van der Waals surface area contributed by atoms with E-state index >= 15 is 0 Å². The van der Waals surface area contributed by atoms with Gasteiger partial charge < -0.3 is 0 Å². The molecule has 0 radical (unpaired) electrons. The fourth-order valence-electron chi connectivity index (χ4n) is 39.4. The Morgan fingerprint density at radius 1 is 0.184 bits per heavy atom. The third kappa shape index (κ3) is 12.3. The third-order valence-corrected chi connectivity index (χ3v) is 44.0. The molecule has 19 fully saturated rings. The maximum absolute atomic E-state index is 3.65. The molecule has 0 aliphatic heterocycles. The van der Waals surface area contributed by atoms with Crippen molar-refractivity contribution in [2.75, 3.05) is 0 Å². The average molecular weight is 1410 g/mol. The molecule has 2 heteroatoms. The summed E-state index contributed by atoms with van der Waals surface area (Å²) in [5, 5.41) is 0. The maximum Gasteiger partial charge on any atom is 0.0104 e. The average Bonchev–Trinajstić information content (AvgIpc) is 1.58. The van der Waals surface area contributed by atoms with Crippen LogP contribution in [0.3, 0.4) is 0 Å². The minimum Gasteiger partial charge on any atom is -0.294 e. The lowest BCUT2D eigenvalue weighted by Gasteiger charge is -2.55. The summed E-state index contributed by atoms with van der Waals surface area (Å²) in [6.07, 6.45) is 81.4. The van der Waals surface area contributed by atoms with Crippen LogP contribution in [0.5, 0.6) is 0 Å². The van der Waals surface area contributed by atoms with Crippen molar-refractivity contribution in [3.05, 3.63) is 0 Å². The van der Waals surface area contributed by atoms with Crippen LogP contribution in [-0.2, 0) is 0 Å². The van der Waals surface area contributed by atoms with Crippen LogP contribution in [0, 0.1) is 193 Å². The molecule has 582 valence electrons. The van der Waals surface area contributed by atoms with Crippen LogP contribution < -0.4 is 0 Å². The van der Waals surface area contributed by atoms with E-state index in [2.05, 4.69) is 79.0 Å². The zero-order chi connectivity index (χ0) is 70.1. The first-order valence-corrected chi connectivity index (χ1v) is 49.5. The SMILES string of the molecule is CCC1(CC)C2CC(N(C3CCC4C5CCC(C6CCCCC6)CC5C(C)(C)C4C3)C3CCC4C5CCC(C6CCCCC6)CC5C(C)(C)C4C3)CCC2C2CCC(N(C3CCC4C5CCC(C6CCCCC6)CC5C(C)(C)C4C3)C3CCC4C5CCC(C6CCCCC6)CC5C(C)(C)C4C3)CC21. The summed E-state index contributed by atoms with van der Waals surface area (Å²) in [5.41, 5.74) is 2.57. The van der Waals surface area contributed by atoms with Gasteiger partial charge in [-0.15, -0.1) is 0 Å². The quantitative estimate of drug-likeness (QED) is 0.192. The molecule has 19 aliphatic carbocycles. The van der Waals surface area contributed by atoms with Gasteiger partial charge in [0.25, 0.3) is 0 Å². The van der Waals surface area contributed by atoms with Gasteiger partial charge in [0.1, 0.15) is 0 Å². The van der Waals surface area contributed by atoms with Gasteiger partial charge >= 0.3 is 0 Å². The van der Waals surface area contributed by atoms with Gasteiger partial charge in [-0.25, -0.2) is 0 Å². The molecular formula is C101H168N2. The Morgan fingerprint density at radius 2 is 0.359 bits per heavy atom. The molecule has 0 aromatic carbocycles. The van der Waals surface area contributed by atoms with Gasteiger partial charge in [-0.2, -0.15) is 0 Å². The van der Waals surface area contributed by atoms with Crippen molar-refractivity contribution >= 4 is 0 Å². The molecule has 0 bridgehead atoms. The normalized spacial score (nSPS) is 50.9. The Labute approximate surface area is 638 Å². The Hall–Kier alpha value is -0.0800. The smallest absolute Gasteiger partial charge is 0.0104 e. The molecule has 2 nitrogen and oxygen atoms in total. The van der Waals surface area contributed by atoms with E-state index < -0.39 is 0 Å². The summed E-state index contributed by atoms with van der Waals surface area (Å²) in [5.74, 6) is 28.4. The molecule has 0 aromatic rings. The van der Waals surface area contributed by atoms with Crippen LogP contribution in [0.15, 0.2) is 0 Å². The van der Waals surface area contributed by atoms with Crippen LogP contribution in [0.2, 0.25) is 0 Å². The first-order chi connectivity index (χ1) is 49.9. The zero-order valence-electron chi connectivity index (χ0n) is 69.8. The van der Waals surface area contributed by atoms with Crippen molar-refractivity contribution < 1.29 is 0 Å². The predicted molar refractivity (Wildman–Crippen MR) is 433 cm³/mol. The Bertz CT molecular complexity index is 2500. The van der Waals surface area contributed by atoms with Crippen LogP contribution >= 0.6 is 0 Å². The maximum atomic E-state index is 3.65. The Balaban J connectivity index is 0.613. The molecule has 30 unspecified atom stereocenters. The Morgan fingerprint density at radius 3 is 0.563 bits per heavy atom. The van der Waals surface area contributed by atoms with E-state index in [9.17, 15) is 0 Å². The highest BCUT2D eigenvalue weighted by Crippen LogP contribution is 2.73. The monoisotopic (exact) mass is 1410 g/mol. The van der Waals surface area contributed by atoms with E-state index in [-0.39, 0.29) is 0 Å². The molecule has 103 heavy (non-hydrogen) atoms. The van der Waals surface area contributed by atoms with Gasteiger partial charge in [0, 0.05) is 36.3 Å². The molecule has 19 saturated carbocycles. The van der Waals surface area contributed by atoms with Crippen LogP contribution in [-0.4, -0.2) is 46.1 Å². The van der Waals surface area contributed by atoms with Crippen LogP contribution in [0.1, 0.15) is 403 Å². The highest BCUT2D eigenvalue weighted by atomic mass is 15.2. The second kappa shape index (κ2) is 28.8. The van der Waals surface area contributed by atoms with Gasteiger partial charge in [-0.05, 0) is 398 Å². The van der Waals surface area contributed by atoms with Crippen molar-refractivity contribution in [3.63, 3.8) is 0 Å². The number of hydrogen-bond donors (Lipinski definition) is 0. The minimum atomic E-state index is 0.511. The molecule has 0 N–H and O–H groups in total. The standard InChI is InChI=1S/C101H168N2/c1-11-101(12-2)95-61-75(102(71-37-47-81-77-43-33-67(63-25-17-13-18-26-63)53-87(77)97(3,4)91(81)57-71)72-38-48-82-78-44-34-68(64-27-19-14-20-28-64)54-88(78)98(5,6)92(82)58-72)41-51-85(95)86-52-42-76(62-96(86)101)103(73-39-49-83-79-45-35-69(65-29-21-15-22-30-65)55-89(79)99(7,8)93(83)59-73)74-40-50-84-80-46-36-70(66-31-23-16-24-32-66)56-90(80)100(9,10)94(84)60-74/h63-96H,11-62H2,1-10H3. The molecular weight excluding hydrogens is 1240 g/mol. The van der Waals surface area contributed by atoms with Crippen LogP contribution in [0.25, 0.3) is 0 Å². The number of rotatable bonds is 12. The third-order valence-electron chi connectivity index (χ3n) is 44.0. The molecule has 30 atom stereocenters. The van der Waals surface area contributed by atoms with E-state index in [0.717, 1.165) is 202 Å². The van der Waals surface area contributed by atoms with E-state index in [1.54, 1.807) is 244 Å². The van der Waals surface area contributed by atoms with Gasteiger partial charge in [0.05, 0.1) is 0 Å². The van der Waals surface area contributed by atoms with Crippen molar-refractivity contribution in [2.24, 2.45) is 193 Å². The molecule has 0 saturated heterocycles. The first kappa shape index (κ1) is 73.1. The van der Waals surface area contributed by atoms with Crippen molar-refractivity contribution in [1.29, 1.82) is 0 Å². The summed E-state index contributed by atoms with van der Waals surface area (Å²) in [6, 6.07) is 5.01. The Kier molecular flexibility index (Phi) is 20.4. The van der Waals surface area contributed by atoms with E-state index in [0.29, 0.717) is 27.1 Å². The summed E-state index contributed by atoms with van der Waals surface area (Å²) >= 11 is 0. The van der Waals surface area contributed by atoms with E-state index in [1.165, 1.54) is 89.9 Å². The lowest BCUT2D eigenvalue weighted by Crippen LogP contribution is -2.57. The van der Waals surface area contributed by atoms with Gasteiger partial charge in [0.2, 0.25) is 0 Å². The summed E-state index contributed by atoms with van der Waals surface area (Å²) in [4.78, 5) is 7.30. The minimum absolute atomic E-state index is 0.511. The summed E-state index contributed by atoms with van der Waals surface area (Å²) < 4.78 is 0. The highest BCUT2D eigenvalue weighted by Gasteiger charge is 2.67. The fraction of sp³-hybridized carbons (Fsp3) is 1.00. The summed E-state index contributed by atoms with van der Waals surface area (Å²) in [7, 11) is 0. The van der Waals surface area contributed by atoms with Crippen molar-refractivity contribution in [3.8, 4) is 0 Å².